The molecule has 21 heavy (non-hydrogen) atoms. The van der Waals surface area contributed by atoms with Crippen molar-refractivity contribution >= 4 is 10.2 Å². The van der Waals surface area contributed by atoms with Gasteiger partial charge < -0.3 is 0 Å². The zero-order chi connectivity index (χ0) is 15.8. The summed E-state index contributed by atoms with van der Waals surface area (Å²) in [6.07, 6.45) is 1.92. The van der Waals surface area contributed by atoms with E-state index in [1.54, 1.807) is 12.1 Å². The first-order valence-electron chi connectivity index (χ1n) is 6.43. The Kier molecular flexibility index (Phi) is 3.36. The van der Waals surface area contributed by atoms with Gasteiger partial charge in [0.25, 0.3) is 0 Å². The molecule has 0 spiro atoms. The van der Waals surface area contributed by atoms with Crippen molar-refractivity contribution in [1.82, 2.24) is 0 Å². The number of benzene rings is 2. The third-order valence-corrected chi connectivity index (χ3v) is 4.29. The maximum atomic E-state index is 12.6. The monoisotopic (exact) mass is 322 g/mol. The molecule has 0 aromatic heterocycles. The van der Waals surface area contributed by atoms with Crippen LogP contribution in [0.5, 0.6) is 0 Å². The lowest BCUT2D eigenvalue weighted by molar-refractivity contribution is 0.364. The van der Waals surface area contributed by atoms with E-state index in [4.69, 9.17) is 0 Å². The second-order valence-corrected chi connectivity index (χ2v) is 7.35. The summed E-state index contributed by atoms with van der Waals surface area (Å²) in [6, 6.07) is 10.4. The molecular formula is C15H15F5S. The van der Waals surface area contributed by atoms with Gasteiger partial charge in [0, 0.05) is 0 Å². The molecule has 0 unspecified atom stereocenters. The Morgan fingerprint density at radius 1 is 0.714 bits per heavy atom. The van der Waals surface area contributed by atoms with Crippen LogP contribution >= 0.6 is 10.2 Å². The van der Waals surface area contributed by atoms with E-state index in [-0.39, 0.29) is 0 Å². The molecule has 2 aromatic carbocycles. The smallest absolute Gasteiger partial charge is 0.0936 e. The van der Waals surface area contributed by atoms with Gasteiger partial charge in [0.15, 0.2) is 0 Å². The van der Waals surface area contributed by atoms with Gasteiger partial charge in [-0.15, -0.1) is 0 Å². The zero-order valence-corrected chi connectivity index (χ0v) is 12.1. The minimum absolute atomic E-state index is 0.441. The molecule has 0 saturated heterocycles. The van der Waals surface area contributed by atoms with Crippen molar-refractivity contribution in [3.8, 4) is 11.1 Å². The van der Waals surface area contributed by atoms with Crippen LogP contribution in [0.25, 0.3) is 11.1 Å². The van der Waals surface area contributed by atoms with E-state index >= 15 is 0 Å². The summed E-state index contributed by atoms with van der Waals surface area (Å²) in [5, 5.41) is 0. The summed E-state index contributed by atoms with van der Waals surface area (Å²) < 4.78 is 63.1. The largest absolute Gasteiger partial charge is 0.310 e. The van der Waals surface area contributed by atoms with Crippen LogP contribution in [0, 0.1) is 0 Å². The summed E-state index contributed by atoms with van der Waals surface area (Å²) in [6.45, 7) is 2.05. The van der Waals surface area contributed by atoms with Gasteiger partial charge in [-0.25, -0.2) is 0 Å². The maximum absolute atomic E-state index is 12.6. The predicted molar refractivity (Wildman–Crippen MR) is 77.3 cm³/mol. The molecule has 0 N–H and O–H groups in total. The molecule has 0 bridgehead atoms. The van der Waals surface area contributed by atoms with E-state index in [1.807, 2.05) is 19.1 Å². The van der Waals surface area contributed by atoms with Gasteiger partial charge in [-0.1, -0.05) is 69.2 Å². The second-order valence-electron chi connectivity index (χ2n) is 4.94. The zero-order valence-electron chi connectivity index (χ0n) is 11.3. The van der Waals surface area contributed by atoms with E-state index in [0.717, 1.165) is 30.5 Å². The molecule has 0 aliphatic carbocycles. The van der Waals surface area contributed by atoms with Crippen molar-refractivity contribution in [2.45, 2.75) is 24.7 Å². The van der Waals surface area contributed by atoms with E-state index in [9.17, 15) is 19.4 Å². The van der Waals surface area contributed by atoms with Crippen molar-refractivity contribution in [2.24, 2.45) is 0 Å². The second kappa shape index (κ2) is 4.47. The highest BCUT2D eigenvalue weighted by Crippen LogP contribution is 3.02. The van der Waals surface area contributed by atoms with Crippen LogP contribution in [-0.2, 0) is 6.42 Å². The SMILES string of the molecule is CCCc1ccc(-c2ccc(S(F)(F)(F)(F)F)cc2)cc1. The Morgan fingerprint density at radius 2 is 1.14 bits per heavy atom. The fourth-order valence-corrected chi connectivity index (χ4v) is 2.71. The predicted octanol–water partition coefficient (Wildman–Crippen LogP) is 6.96. The number of aryl methyl sites for hydroxylation is 1. The van der Waals surface area contributed by atoms with Crippen LogP contribution in [0.3, 0.4) is 0 Å². The summed E-state index contributed by atoms with van der Waals surface area (Å²) in [7, 11) is -9.58. The van der Waals surface area contributed by atoms with Crippen molar-refractivity contribution in [3.05, 3.63) is 54.1 Å². The maximum Gasteiger partial charge on any atom is 0.310 e. The Morgan fingerprint density at radius 3 is 1.52 bits per heavy atom. The molecule has 0 amide bonds. The van der Waals surface area contributed by atoms with Crippen molar-refractivity contribution in [3.63, 3.8) is 0 Å². The first-order valence-corrected chi connectivity index (χ1v) is 8.38. The standard InChI is InChI=1S/C15H15F5S/c1-2-3-12-4-6-13(7-5-12)14-8-10-15(11-9-14)21(16,17,18,19)20/h4-11H,2-3H2,1H3. The number of rotatable bonds is 4. The van der Waals surface area contributed by atoms with Crippen LogP contribution in [0.1, 0.15) is 18.9 Å². The summed E-state index contributed by atoms with van der Waals surface area (Å²) in [4.78, 5) is -1.86. The number of halogens is 5. The minimum atomic E-state index is -9.58. The van der Waals surface area contributed by atoms with Crippen LogP contribution in [-0.4, -0.2) is 0 Å². The summed E-state index contributed by atoms with van der Waals surface area (Å²) >= 11 is 0. The Labute approximate surface area is 120 Å². The van der Waals surface area contributed by atoms with Crippen LogP contribution in [0.4, 0.5) is 19.4 Å². The van der Waals surface area contributed by atoms with Crippen molar-refractivity contribution in [2.75, 3.05) is 0 Å². The van der Waals surface area contributed by atoms with Crippen LogP contribution < -0.4 is 0 Å². The molecule has 0 nitrogen and oxygen atoms in total. The van der Waals surface area contributed by atoms with E-state index in [2.05, 4.69) is 0 Å². The molecule has 0 radical (unpaired) electrons. The normalized spacial score (nSPS) is 15.3. The van der Waals surface area contributed by atoms with E-state index < -0.39 is 15.1 Å². The quantitative estimate of drug-likeness (QED) is 0.533. The lowest BCUT2D eigenvalue weighted by Gasteiger charge is -2.40. The highest BCUT2D eigenvalue weighted by Gasteiger charge is 2.65. The molecule has 0 heterocycles. The molecule has 2 aromatic rings. The molecule has 6 heteroatoms. The first-order chi connectivity index (χ1) is 9.49. The lowest BCUT2D eigenvalue weighted by Crippen LogP contribution is -2.05. The van der Waals surface area contributed by atoms with Crippen molar-refractivity contribution < 1.29 is 19.4 Å². The van der Waals surface area contributed by atoms with Gasteiger partial charge in [0.1, 0.15) is 4.90 Å². The lowest BCUT2D eigenvalue weighted by atomic mass is 10.0. The van der Waals surface area contributed by atoms with E-state index in [1.165, 1.54) is 0 Å². The molecule has 0 fully saturated rings. The van der Waals surface area contributed by atoms with Gasteiger partial charge in [-0.2, -0.15) is 0 Å². The third kappa shape index (κ3) is 3.97. The fraction of sp³-hybridized carbons (Fsp3) is 0.200. The number of hydrogen-bond acceptors (Lipinski definition) is 0. The average molecular weight is 322 g/mol. The summed E-state index contributed by atoms with van der Waals surface area (Å²) in [5.41, 5.74) is 2.30. The average Bonchev–Trinajstić information content (AvgIpc) is 2.38. The highest BCUT2D eigenvalue weighted by molar-refractivity contribution is 8.45. The highest BCUT2D eigenvalue weighted by atomic mass is 32.5. The topological polar surface area (TPSA) is 0 Å². The Balaban J connectivity index is 2.32. The first kappa shape index (κ1) is 15.8. The minimum Gasteiger partial charge on any atom is -0.0936 e. The van der Waals surface area contributed by atoms with Gasteiger partial charge in [-0.05, 0) is 35.2 Å². The van der Waals surface area contributed by atoms with Gasteiger partial charge in [0.05, 0.1) is 0 Å². The van der Waals surface area contributed by atoms with Crippen LogP contribution in [0.2, 0.25) is 0 Å². The molecule has 0 aliphatic rings. The summed E-state index contributed by atoms with van der Waals surface area (Å²) in [5.74, 6) is 0. The molecular weight excluding hydrogens is 307 g/mol. The molecule has 116 valence electrons. The third-order valence-electron chi connectivity index (χ3n) is 3.13. The van der Waals surface area contributed by atoms with Gasteiger partial charge >= 0.3 is 10.2 Å². The Bertz CT molecular complexity index is 627. The van der Waals surface area contributed by atoms with E-state index in [0.29, 0.717) is 23.3 Å². The number of hydrogen-bond donors (Lipinski definition) is 0. The van der Waals surface area contributed by atoms with Gasteiger partial charge in [-0.3, -0.25) is 0 Å². The van der Waals surface area contributed by atoms with Gasteiger partial charge in [0.2, 0.25) is 0 Å². The molecule has 0 aliphatic heterocycles. The molecule has 0 atom stereocenters. The van der Waals surface area contributed by atoms with Crippen LogP contribution in [0.15, 0.2) is 53.4 Å². The Hall–Kier alpha value is -1.56. The van der Waals surface area contributed by atoms with Crippen molar-refractivity contribution in [1.29, 1.82) is 0 Å². The molecule has 0 saturated carbocycles. The fourth-order valence-electron chi connectivity index (χ4n) is 2.06. The molecule has 2 rings (SSSR count).